The maximum absolute atomic E-state index is 11.5. The highest BCUT2D eigenvalue weighted by atomic mass is 32.2. The summed E-state index contributed by atoms with van der Waals surface area (Å²) >= 11 is 3.97. The number of amides is 1. The van der Waals surface area contributed by atoms with Crippen LogP contribution in [0.25, 0.3) is 0 Å². The summed E-state index contributed by atoms with van der Waals surface area (Å²) in [5, 5.41) is 2.80. The SMILES string of the molecule is CC(C)NC(=O)COc1ccc(C2SCCS2)cc1. The first kappa shape index (κ1) is 14.6. The minimum absolute atomic E-state index is 0.0739. The van der Waals surface area contributed by atoms with E-state index in [0.717, 1.165) is 5.75 Å². The fourth-order valence-electron chi connectivity index (χ4n) is 1.78. The molecule has 2 rings (SSSR count). The van der Waals surface area contributed by atoms with Gasteiger partial charge in [0.1, 0.15) is 5.75 Å². The second kappa shape index (κ2) is 7.10. The number of ether oxygens (including phenoxy) is 1. The third-order valence-corrected chi connectivity index (χ3v) is 5.70. The van der Waals surface area contributed by atoms with Gasteiger partial charge in [-0.2, -0.15) is 0 Å². The van der Waals surface area contributed by atoms with Crippen LogP contribution in [-0.4, -0.2) is 30.1 Å². The molecule has 0 aromatic heterocycles. The van der Waals surface area contributed by atoms with Crippen LogP contribution in [0.15, 0.2) is 24.3 Å². The number of hydrogen-bond donors (Lipinski definition) is 1. The number of carbonyl (C=O) groups is 1. The second-order valence-corrected chi connectivity index (χ2v) is 7.38. The van der Waals surface area contributed by atoms with E-state index in [4.69, 9.17) is 4.74 Å². The van der Waals surface area contributed by atoms with Gasteiger partial charge in [0, 0.05) is 17.5 Å². The van der Waals surface area contributed by atoms with Crippen LogP contribution in [0, 0.1) is 0 Å². The molecule has 104 valence electrons. The molecule has 0 unspecified atom stereocenters. The van der Waals surface area contributed by atoms with Gasteiger partial charge in [0.25, 0.3) is 5.91 Å². The van der Waals surface area contributed by atoms with Crippen molar-refractivity contribution in [3.05, 3.63) is 29.8 Å². The van der Waals surface area contributed by atoms with Crippen molar-refractivity contribution in [1.82, 2.24) is 5.32 Å². The Hall–Kier alpha value is -0.810. The molecule has 0 radical (unpaired) electrons. The van der Waals surface area contributed by atoms with Crippen LogP contribution >= 0.6 is 23.5 Å². The van der Waals surface area contributed by atoms with E-state index in [1.54, 1.807) is 0 Å². The fourth-order valence-corrected chi connectivity index (χ4v) is 4.64. The Morgan fingerprint density at radius 3 is 2.53 bits per heavy atom. The molecule has 0 saturated carbocycles. The van der Waals surface area contributed by atoms with Crippen LogP contribution in [0.3, 0.4) is 0 Å². The topological polar surface area (TPSA) is 38.3 Å². The van der Waals surface area contributed by atoms with Crippen molar-refractivity contribution in [3.63, 3.8) is 0 Å². The first-order chi connectivity index (χ1) is 9.15. The van der Waals surface area contributed by atoms with E-state index < -0.39 is 0 Å². The van der Waals surface area contributed by atoms with Gasteiger partial charge in [-0.05, 0) is 31.5 Å². The maximum Gasteiger partial charge on any atom is 0.258 e. The Balaban J connectivity index is 1.83. The molecule has 0 atom stereocenters. The molecule has 0 bridgehead atoms. The summed E-state index contributed by atoms with van der Waals surface area (Å²) in [5.74, 6) is 3.11. The zero-order valence-corrected chi connectivity index (χ0v) is 12.9. The Kier molecular flexibility index (Phi) is 5.45. The molecule has 1 saturated heterocycles. The summed E-state index contributed by atoms with van der Waals surface area (Å²) in [5.41, 5.74) is 1.33. The number of hydrogen-bond acceptors (Lipinski definition) is 4. The van der Waals surface area contributed by atoms with Gasteiger partial charge in [-0.3, -0.25) is 4.79 Å². The molecule has 19 heavy (non-hydrogen) atoms. The molecule has 1 fully saturated rings. The van der Waals surface area contributed by atoms with Crippen molar-refractivity contribution in [2.24, 2.45) is 0 Å². The minimum Gasteiger partial charge on any atom is -0.484 e. The van der Waals surface area contributed by atoms with E-state index >= 15 is 0 Å². The summed E-state index contributed by atoms with van der Waals surface area (Å²) < 4.78 is 6.01. The van der Waals surface area contributed by atoms with E-state index in [0.29, 0.717) is 4.58 Å². The zero-order valence-electron chi connectivity index (χ0n) is 11.2. The highest BCUT2D eigenvalue weighted by Gasteiger charge is 2.17. The van der Waals surface area contributed by atoms with Crippen molar-refractivity contribution >= 4 is 29.4 Å². The van der Waals surface area contributed by atoms with Crippen molar-refractivity contribution in [3.8, 4) is 5.75 Å². The van der Waals surface area contributed by atoms with Crippen LogP contribution in [0.1, 0.15) is 24.0 Å². The smallest absolute Gasteiger partial charge is 0.258 e. The van der Waals surface area contributed by atoms with Gasteiger partial charge in [0.2, 0.25) is 0 Å². The summed E-state index contributed by atoms with van der Waals surface area (Å²) in [6.45, 7) is 3.94. The number of thioether (sulfide) groups is 2. The number of nitrogens with one attached hydrogen (secondary N) is 1. The predicted molar refractivity (Wildman–Crippen MR) is 82.9 cm³/mol. The highest BCUT2D eigenvalue weighted by Crippen LogP contribution is 2.45. The van der Waals surface area contributed by atoms with Crippen molar-refractivity contribution < 1.29 is 9.53 Å². The lowest BCUT2D eigenvalue weighted by Gasteiger charge is -2.11. The first-order valence-electron chi connectivity index (χ1n) is 6.40. The average Bonchev–Trinajstić information content (AvgIpc) is 2.90. The van der Waals surface area contributed by atoms with Crippen molar-refractivity contribution in [1.29, 1.82) is 0 Å². The van der Waals surface area contributed by atoms with Crippen LogP contribution in [0.2, 0.25) is 0 Å². The third-order valence-electron chi connectivity index (χ3n) is 2.59. The van der Waals surface area contributed by atoms with Gasteiger partial charge in [0.15, 0.2) is 6.61 Å². The standard InChI is InChI=1S/C14H19NO2S2/c1-10(2)15-13(16)9-17-12-5-3-11(4-6-12)14-18-7-8-19-14/h3-6,10,14H,7-9H2,1-2H3,(H,15,16). The Labute approximate surface area is 122 Å². The van der Waals surface area contributed by atoms with Crippen LogP contribution in [0.5, 0.6) is 5.75 Å². The zero-order chi connectivity index (χ0) is 13.7. The monoisotopic (exact) mass is 297 g/mol. The van der Waals surface area contributed by atoms with Crippen molar-refractivity contribution in [2.75, 3.05) is 18.1 Å². The van der Waals surface area contributed by atoms with E-state index in [2.05, 4.69) is 17.4 Å². The molecule has 5 heteroatoms. The van der Waals surface area contributed by atoms with Gasteiger partial charge < -0.3 is 10.1 Å². The second-order valence-electron chi connectivity index (χ2n) is 4.65. The molecule has 1 aliphatic rings. The van der Waals surface area contributed by atoms with E-state index in [1.165, 1.54) is 17.1 Å². The lowest BCUT2D eigenvalue weighted by atomic mass is 10.2. The summed E-state index contributed by atoms with van der Waals surface area (Å²) in [6, 6.07) is 8.21. The van der Waals surface area contributed by atoms with Gasteiger partial charge >= 0.3 is 0 Å². The largest absolute Gasteiger partial charge is 0.484 e. The normalized spacial score (nSPS) is 15.7. The van der Waals surface area contributed by atoms with E-state index in [1.807, 2.05) is 49.5 Å². The predicted octanol–water partition coefficient (Wildman–Crippen LogP) is 3.07. The fraction of sp³-hybridized carbons (Fsp3) is 0.500. The van der Waals surface area contributed by atoms with Crippen LogP contribution in [0.4, 0.5) is 0 Å². The van der Waals surface area contributed by atoms with E-state index in [9.17, 15) is 4.79 Å². The molecule has 3 nitrogen and oxygen atoms in total. The Morgan fingerprint density at radius 1 is 1.32 bits per heavy atom. The van der Waals surface area contributed by atoms with Crippen LogP contribution in [-0.2, 0) is 4.79 Å². The molecular formula is C14H19NO2S2. The molecule has 1 heterocycles. The molecule has 1 amide bonds. The molecular weight excluding hydrogens is 278 g/mol. The molecule has 1 aromatic carbocycles. The average molecular weight is 297 g/mol. The Morgan fingerprint density at radius 2 is 1.95 bits per heavy atom. The van der Waals surface area contributed by atoms with E-state index in [-0.39, 0.29) is 18.6 Å². The summed E-state index contributed by atoms with van der Waals surface area (Å²) in [7, 11) is 0. The lowest BCUT2D eigenvalue weighted by molar-refractivity contribution is -0.123. The first-order valence-corrected chi connectivity index (χ1v) is 8.50. The molecule has 1 aromatic rings. The van der Waals surface area contributed by atoms with Gasteiger partial charge in [-0.1, -0.05) is 12.1 Å². The van der Waals surface area contributed by atoms with Crippen molar-refractivity contribution in [2.45, 2.75) is 24.5 Å². The third kappa shape index (κ3) is 4.66. The maximum atomic E-state index is 11.5. The molecule has 1 aliphatic heterocycles. The van der Waals surface area contributed by atoms with Gasteiger partial charge in [0.05, 0.1) is 4.58 Å². The molecule has 0 aliphatic carbocycles. The van der Waals surface area contributed by atoms with Gasteiger partial charge in [-0.15, -0.1) is 23.5 Å². The molecule has 0 spiro atoms. The summed E-state index contributed by atoms with van der Waals surface area (Å²) in [6.07, 6.45) is 0. The minimum atomic E-state index is -0.0824. The highest BCUT2D eigenvalue weighted by molar-refractivity contribution is 8.19. The lowest BCUT2D eigenvalue weighted by Crippen LogP contribution is -2.34. The number of rotatable bonds is 5. The number of benzene rings is 1. The summed E-state index contributed by atoms with van der Waals surface area (Å²) in [4.78, 5) is 11.5. The Bertz CT molecular complexity index is 414. The molecule has 1 N–H and O–H groups in total. The number of carbonyl (C=O) groups excluding carboxylic acids is 1. The van der Waals surface area contributed by atoms with Gasteiger partial charge in [-0.25, -0.2) is 0 Å². The quantitative estimate of drug-likeness (QED) is 0.906. The van der Waals surface area contributed by atoms with Crippen LogP contribution < -0.4 is 10.1 Å².